The van der Waals surface area contributed by atoms with Crippen LogP contribution in [0.15, 0.2) is 18.2 Å². The summed E-state index contributed by atoms with van der Waals surface area (Å²) in [7, 11) is 1.90. The summed E-state index contributed by atoms with van der Waals surface area (Å²) in [4.78, 5) is 14.4. The van der Waals surface area contributed by atoms with E-state index < -0.39 is 5.41 Å². The van der Waals surface area contributed by atoms with Gasteiger partial charge in [0, 0.05) is 12.7 Å². The van der Waals surface area contributed by atoms with Gasteiger partial charge in [0.05, 0.1) is 5.41 Å². The predicted molar refractivity (Wildman–Crippen MR) is 90.1 cm³/mol. The van der Waals surface area contributed by atoms with Crippen LogP contribution in [0.25, 0.3) is 0 Å². The minimum Gasteiger partial charge on any atom is -0.314 e. The van der Waals surface area contributed by atoms with Crippen LogP contribution in [0, 0.1) is 0 Å². The second-order valence-corrected chi connectivity index (χ2v) is 6.83. The van der Waals surface area contributed by atoms with E-state index in [4.69, 9.17) is 0 Å². The van der Waals surface area contributed by atoms with Gasteiger partial charge < -0.3 is 4.90 Å². The number of rotatable bonds is 6. The Bertz CT molecular complexity index is 518. The van der Waals surface area contributed by atoms with Crippen LogP contribution in [0.5, 0.6) is 0 Å². The number of anilines is 1. The van der Waals surface area contributed by atoms with Crippen molar-refractivity contribution >= 4 is 11.6 Å². The zero-order chi connectivity index (χ0) is 15.6. The van der Waals surface area contributed by atoms with Crippen molar-refractivity contribution in [3.05, 3.63) is 29.3 Å². The Balaban J connectivity index is 2.40. The van der Waals surface area contributed by atoms with Crippen LogP contribution in [-0.2, 0) is 10.2 Å². The number of unbranched alkanes of at least 4 members (excludes halogenated alkanes) is 2. The molecule has 1 aromatic rings. The van der Waals surface area contributed by atoms with Gasteiger partial charge in [0.1, 0.15) is 0 Å². The minimum absolute atomic E-state index is 0.216. The normalized spacial score (nSPS) is 18.0. The average molecular weight is 287 g/mol. The number of likely N-dealkylation sites (N-methyl/N-ethyl adjacent to an activating group) is 1. The topological polar surface area (TPSA) is 20.3 Å². The van der Waals surface area contributed by atoms with Crippen molar-refractivity contribution in [1.82, 2.24) is 0 Å². The molecule has 0 N–H and O–H groups in total. The molecule has 2 rings (SSSR count). The minimum atomic E-state index is -0.390. The van der Waals surface area contributed by atoms with E-state index in [1.165, 1.54) is 36.8 Å². The summed E-state index contributed by atoms with van der Waals surface area (Å²) in [6.45, 7) is 8.65. The first-order chi connectivity index (χ1) is 9.95. The van der Waals surface area contributed by atoms with Gasteiger partial charge in [-0.15, -0.1) is 0 Å². The first-order valence-electron chi connectivity index (χ1n) is 8.36. The Morgan fingerprint density at radius 3 is 2.52 bits per heavy atom. The molecule has 0 saturated carbocycles. The number of hydrogen-bond donors (Lipinski definition) is 0. The Labute approximate surface area is 129 Å². The molecule has 0 saturated heterocycles. The highest BCUT2D eigenvalue weighted by molar-refractivity contribution is 6.07. The summed E-state index contributed by atoms with van der Waals surface area (Å²) in [6, 6.07) is 6.44. The van der Waals surface area contributed by atoms with Gasteiger partial charge in [-0.1, -0.05) is 45.2 Å². The van der Waals surface area contributed by atoms with Crippen LogP contribution in [0.3, 0.4) is 0 Å². The molecule has 0 aliphatic carbocycles. The Morgan fingerprint density at radius 2 is 1.90 bits per heavy atom. The van der Waals surface area contributed by atoms with E-state index in [-0.39, 0.29) is 5.91 Å². The maximum atomic E-state index is 12.5. The van der Waals surface area contributed by atoms with E-state index in [9.17, 15) is 4.79 Å². The van der Waals surface area contributed by atoms with Crippen LogP contribution in [0.4, 0.5) is 5.69 Å². The molecule has 1 aromatic carbocycles. The number of amides is 1. The molecule has 0 bridgehead atoms. The van der Waals surface area contributed by atoms with E-state index in [0.29, 0.717) is 5.92 Å². The molecule has 0 spiro atoms. The molecule has 1 heterocycles. The Hall–Kier alpha value is -1.31. The van der Waals surface area contributed by atoms with Crippen molar-refractivity contribution in [2.75, 3.05) is 11.9 Å². The highest BCUT2D eigenvalue weighted by Gasteiger charge is 2.44. The molecular weight excluding hydrogens is 258 g/mol. The van der Waals surface area contributed by atoms with Crippen molar-refractivity contribution in [2.24, 2.45) is 0 Å². The second-order valence-electron chi connectivity index (χ2n) is 6.83. The summed E-state index contributed by atoms with van der Waals surface area (Å²) in [5, 5.41) is 0. The number of nitrogens with zero attached hydrogens (tertiary/aromatic N) is 1. The number of benzene rings is 1. The largest absolute Gasteiger partial charge is 0.314 e. The quantitative estimate of drug-likeness (QED) is 0.673. The first kappa shape index (κ1) is 16.1. The van der Waals surface area contributed by atoms with Crippen LogP contribution in [0.2, 0.25) is 0 Å². The SMILES string of the molecule is CCCCCC(CC)c1cccc2c1C(C)(C)C(=O)N2C. The fourth-order valence-electron chi connectivity index (χ4n) is 3.71. The lowest BCUT2D eigenvalue weighted by molar-refractivity contribution is -0.121. The van der Waals surface area contributed by atoms with Crippen molar-refractivity contribution in [3.63, 3.8) is 0 Å². The maximum absolute atomic E-state index is 12.5. The van der Waals surface area contributed by atoms with Crippen molar-refractivity contribution in [1.29, 1.82) is 0 Å². The van der Waals surface area contributed by atoms with Crippen LogP contribution in [0.1, 0.15) is 76.8 Å². The van der Waals surface area contributed by atoms with E-state index in [1.807, 2.05) is 11.9 Å². The number of carbonyl (C=O) groups excluding carboxylic acids is 1. The molecule has 2 heteroatoms. The number of fused-ring (bicyclic) bond motifs is 1. The van der Waals surface area contributed by atoms with Gasteiger partial charge in [-0.2, -0.15) is 0 Å². The molecule has 1 unspecified atom stereocenters. The molecule has 1 aliphatic rings. The zero-order valence-corrected chi connectivity index (χ0v) is 14.2. The van der Waals surface area contributed by atoms with Gasteiger partial charge >= 0.3 is 0 Å². The van der Waals surface area contributed by atoms with Crippen molar-refractivity contribution in [2.45, 2.75) is 71.1 Å². The summed E-state index contributed by atoms with van der Waals surface area (Å²) in [5.41, 5.74) is 3.38. The molecule has 116 valence electrons. The third-order valence-corrected chi connectivity index (χ3v) is 4.99. The average Bonchev–Trinajstić information content (AvgIpc) is 2.65. The van der Waals surface area contributed by atoms with Gasteiger partial charge in [0.2, 0.25) is 5.91 Å². The fraction of sp³-hybridized carbons (Fsp3) is 0.632. The fourth-order valence-corrected chi connectivity index (χ4v) is 3.71. The maximum Gasteiger partial charge on any atom is 0.236 e. The van der Waals surface area contributed by atoms with E-state index in [2.05, 4.69) is 45.9 Å². The van der Waals surface area contributed by atoms with E-state index in [0.717, 1.165) is 12.1 Å². The van der Waals surface area contributed by atoms with E-state index in [1.54, 1.807) is 0 Å². The molecule has 0 aromatic heterocycles. The van der Waals surface area contributed by atoms with Gasteiger partial charge in [0.25, 0.3) is 0 Å². The van der Waals surface area contributed by atoms with Crippen molar-refractivity contribution in [3.8, 4) is 0 Å². The lowest BCUT2D eigenvalue weighted by Gasteiger charge is -2.24. The third-order valence-electron chi connectivity index (χ3n) is 4.99. The van der Waals surface area contributed by atoms with Gasteiger partial charge in [-0.25, -0.2) is 0 Å². The molecule has 0 radical (unpaired) electrons. The first-order valence-corrected chi connectivity index (χ1v) is 8.36. The van der Waals surface area contributed by atoms with E-state index >= 15 is 0 Å². The standard InChI is InChI=1S/C19H29NO/c1-6-8-9-11-14(7-2)15-12-10-13-16-17(15)19(3,4)18(21)20(16)5/h10,12-14H,6-9,11H2,1-5H3. The highest BCUT2D eigenvalue weighted by Crippen LogP contribution is 2.46. The summed E-state index contributed by atoms with van der Waals surface area (Å²) < 4.78 is 0. The molecule has 21 heavy (non-hydrogen) atoms. The number of hydrogen-bond acceptors (Lipinski definition) is 1. The molecule has 2 nitrogen and oxygen atoms in total. The van der Waals surface area contributed by atoms with Crippen LogP contribution < -0.4 is 4.90 Å². The van der Waals surface area contributed by atoms with Crippen LogP contribution >= 0.6 is 0 Å². The van der Waals surface area contributed by atoms with Gasteiger partial charge in [-0.05, 0) is 49.8 Å². The third kappa shape index (κ3) is 2.73. The Morgan fingerprint density at radius 1 is 1.19 bits per heavy atom. The lowest BCUT2D eigenvalue weighted by Crippen LogP contribution is -2.33. The van der Waals surface area contributed by atoms with Gasteiger partial charge in [-0.3, -0.25) is 4.79 Å². The second kappa shape index (κ2) is 6.21. The summed E-state index contributed by atoms with van der Waals surface area (Å²) >= 11 is 0. The lowest BCUT2D eigenvalue weighted by atomic mass is 9.77. The molecule has 1 atom stereocenters. The molecule has 1 aliphatic heterocycles. The summed E-state index contributed by atoms with van der Waals surface area (Å²) in [6.07, 6.45) is 6.22. The predicted octanol–water partition coefficient (Wildman–Crippen LogP) is 5.01. The summed E-state index contributed by atoms with van der Waals surface area (Å²) in [5.74, 6) is 0.790. The Kier molecular flexibility index (Phi) is 4.75. The molecule has 0 fully saturated rings. The molecular formula is C19H29NO. The van der Waals surface area contributed by atoms with Gasteiger partial charge in [0.15, 0.2) is 0 Å². The smallest absolute Gasteiger partial charge is 0.236 e. The zero-order valence-electron chi connectivity index (χ0n) is 14.2. The molecule has 1 amide bonds. The monoisotopic (exact) mass is 287 g/mol. The number of carbonyl (C=O) groups is 1. The highest BCUT2D eigenvalue weighted by atomic mass is 16.2. The van der Waals surface area contributed by atoms with Crippen molar-refractivity contribution < 1.29 is 4.79 Å². The van der Waals surface area contributed by atoms with Crippen LogP contribution in [-0.4, -0.2) is 13.0 Å².